The van der Waals surface area contributed by atoms with Crippen molar-refractivity contribution in [2.45, 2.75) is 24.7 Å². The van der Waals surface area contributed by atoms with Crippen LogP contribution in [0.15, 0.2) is 64.0 Å². The molecule has 1 amide bonds. The summed E-state index contributed by atoms with van der Waals surface area (Å²) in [6.07, 6.45) is 4.55. The number of carbonyl (C=O) groups excluding carboxylic acids is 1. The van der Waals surface area contributed by atoms with Crippen molar-refractivity contribution in [2.24, 2.45) is 5.92 Å². The van der Waals surface area contributed by atoms with E-state index in [4.69, 9.17) is 9.26 Å². The Hall–Kier alpha value is -3.43. The number of anilines is 1. The van der Waals surface area contributed by atoms with Gasteiger partial charge in [0.05, 0.1) is 18.7 Å². The Bertz CT molecular complexity index is 1280. The Balaban J connectivity index is 1.53. The Morgan fingerprint density at radius 1 is 1.15 bits per heavy atom. The van der Waals surface area contributed by atoms with Gasteiger partial charge in [-0.05, 0) is 43.5 Å². The molecule has 1 N–H and O–H groups in total. The zero-order chi connectivity index (χ0) is 24.1. The van der Waals surface area contributed by atoms with Gasteiger partial charge in [-0.1, -0.05) is 53.7 Å². The number of hydrogen-bond acceptors (Lipinski definition) is 6. The highest BCUT2D eigenvalue weighted by molar-refractivity contribution is 7.89. The summed E-state index contributed by atoms with van der Waals surface area (Å²) in [4.78, 5) is 13.0. The molecule has 1 aromatic heterocycles. The van der Waals surface area contributed by atoms with Crippen molar-refractivity contribution in [3.63, 3.8) is 0 Å². The van der Waals surface area contributed by atoms with E-state index in [1.54, 1.807) is 37.3 Å². The number of nitrogens with zero attached hydrogens (tertiary/aromatic N) is 2. The molecule has 8 nitrogen and oxygen atoms in total. The molecule has 9 heteroatoms. The summed E-state index contributed by atoms with van der Waals surface area (Å²) < 4.78 is 39.1. The highest BCUT2D eigenvalue weighted by atomic mass is 32.2. The quantitative estimate of drug-likeness (QED) is 0.543. The third kappa shape index (κ3) is 5.05. The number of nitrogens with one attached hydrogen (secondary N) is 1. The lowest BCUT2D eigenvalue weighted by molar-refractivity contribution is -0.120. The van der Waals surface area contributed by atoms with Crippen molar-refractivity contribution in [3.05, 3.63) is 71.6 Å². The number of hydrogen-bond donors (Lipinski definition) is 1. The first-order valence-corrected chi connectivity index (χ1v) is 12.5. The lowest BCUT2D eigenvalue weighted by Crippen LogP contribution is -2.43. The molecular weight excluding hydrogens is 454 g/mol. The predicted octanol–water partition coefficient (Wildman–Crippen LogP) is 4.20. The van der Waals surface area contributed by atoms with Crippen LogP contribution in [0.5, 0.6) is 5.75 Å². The van der Waals surface area contributed by atoms with E-state index < -0.39 is 15.9 Å². The lowest BCUT2D eigenvalue weighted by atomic mass is 9.98. The molecule has 178 valence electrons. The van der Waals surface area contributed by atoms with Gasteiger partial charge in [-0.15, -0.1) is 0 Å². The van der Waals surface area contributed by atoms with Gasteiger partial charge in [0.1, 0.15) is 11.4 Å². The number of amides is 1. The van der Waals surface area contributed by atoms with E-state index in [1.807, 2.05) is 36.4 Å². The molecule has 0 spiro atoms. The van der Waals surface area contributed by atoms with Crippen LogP contribution in [0.3, 0.4) is 0 Å². The van der Waals surface area contributed by atoms with E-state index in [-0.39, 0.29) is 28.8 Å². The Kier molecular flexibility index (Phi) is 7.14. The topological polar surface area (TPSA) is 102 Å². The molecule has 1 fully saturated rings. The third-order valence-electron chi connectivity index (χ3n) is 5.78. The molecule has 1 aliphatic rings. The van der Waals surface area contributed by atoms with E-state index >= 15 is 0 Å². The minimum Gasteiger partial charge on any atom is -0.495 e. The van der Waals surface area contributed by atoms with Gasteiger partial charge in [-0.2, -0.15) is 4.31 Å². The number of piperidine rings is 1. The minimum atomic E-state index is -3.92. The van der Waals surface area contributed by atoms with E-state index in [9.17, 15) is 13.2 Å². The number of sulfonamides is 1. The van der Waals surface area contributed by atoms with E-state index in [2.05, 4.69) is 10.5 Å². The van der Waals surface area contributed by atoms with Crippen molar-refractivity contribution < 1.29 is 22.5 Å². The summed E-state index contributed by atoms with van der Waals surface area (Å²) in [5.41, 5.74) is 1.75. The fourth-order valence-electron chi connectivity index (χ4n) is 4.02. The number of aryl methyl sites for hydroxylation is 1. The highest BCUT2D eigenvalue weighted by Gasteiger charge is 2.37. The fraction of sp³-hybridized carbons (Fsp3) is 0.280. The fourth-order valence-corrected chi connectivity index (χ4v) is 5.80. The largest absolute Gasteiger partial charge is 0.495 e. The van der Waals surface area contributed by atoms with Gasteiger partial charge in [-0.25, -0.2) is 8.42 Å². The first-order chi connectivity index (χ1) is 16.4. The molecule has 2 aromatic carbocycles. The first kappa shape index (κ1) is 23.7. The smallest absolute Gasteiger partial charge is 0.248 e. The zero-order valence-corrected chi connectivity index (χ0v) is 19.9. The number of para-hydroxylation sites is 2. The second-order valence-corrected chi connectivity index (χ2v) is 9.97. The maximum atomic E-state index is 13.6. The number of rotatable bonds is 7. The van der Waals surface area contributed by atoms with Crippen LogP contribution in [-0.4, -0.2) is 44.0 Å². The molecule has 34 heavy (non-hydrogen) atoms. The number of carbonyl (C=O) groups is 1. The van der Waals surface area contributed by atoms with Crippen LogP contribution in [-0.2, 0) is 14.8 Å². The molecule has 1 aliphatic heterocycles. The highest BCUT2D eigenvalue weighted by Crippen LogP contribution is 2.30. The normalized spacial score (nSPS) is 17.1. The van der Waals surface area contributed by atoms with Crippen LogP contribution < -0.4 is 10.1 Å². The Morgan fingerprint density at radius 3 is 2.65 bits per heavy atom. The van der Waals surface area contributed by atoms with Gasteiger partial charge < -0.3 is 14.6 Å². The second-order valence-electron chi connectivity index (χ2n) is 8.10. The van der Waals surface area contributed by atoms with Crippen LogP contribution in [0.2, 0.25) is 0 Å². The molecule has 0 aliphatic carbocycles. The van der Waals surface area contributed by atoms with Crippen molar-refractivity contribution in [3.8, 4) is 5.75 Å². The molecule has 0 unspecified atom stereocenters. The van der Waals surface area contributed by atoms with Crippen molar-refractivity contribution in [1.82, 2.24) is 9.46 Å². The van der Waals surface area contributed by atoms with E-state index in [0.717, 1.165) is 5.56 Å². The first-order valence-electron chi connectivity index (χ1n) is 11.0. The maximum Gasteiger partial charge on any atom is 0.248 e. The van der Waals surface area contributed by atoms with Gasteiger partial charge in [0.2, 0.25) is 15.9 Å². The van der Waals surface area contributed by atoms with Gasteiger partial charge >= 0.3 is 0 Å². The number of methoxy groups -OCH3 is 1. The third-order valence-corrected chi connectivity index (χ3v) is 7.80. The molecule has 4 rings (SSSR count). The lowest BCUT2D eigenvalue weighted by Gasteiger charge is -2.31. The molecule has 2 heterocycles. The van der Waals surface area contributed by atoms with Crippen LogP contribution in [0.1, 0.15) is 29.9 Å². The van der Waals surface area contributed by atoms with Gasteiger partial charge in [0.25, 0.3) is 0 Å². The predicted molar refractivity (Wildman–Crippen MR) is 130 cm³/mol. The van der Waals surface area contributed by atoms with Gasteiger partial charge in [0, 0.05) is 13.1 Å². The number of ether oxygens (including phenoxy) is 1. The van der Waals surface area contributed by atoms with Gasteiger partial charge in [0.15, 0.2) is 10.7 Å². The molecule has 1 saturated heterocycles. The monoisotopic (exact) mass is 481 g/mol. The van der Waals surface area contributed by atoms with Crippen LogP contribution in [0, 0.1) is 12.8 Å². The van der Waals surface area contributed by atoms with Crippen molar-refractivity contribution in [1.29, 1.82) is 0 Å². The standard InChI is InChI=1S/C25H27N3O5S/c1-18-24(23(33-27-18)15-14-19-9-4-3-5-10-19)34(30,31)28-16-8-11-20(17-28)25(29)26-21-12-6-7-13-22(21)32-2/h3-7,9-10,12-15,20H,8,11,16-17H2,1-2H3,(H,26,29)/b15-14+/t20-/m1/s1. The zero-order valence-electron chi connectivity index (χ0n) is 19.1. The van der Waals surface area contributed by atoms with Crippen molar-refractivity contribution >= 4 is 33.8 Å². The number of aromatic nitrogens is 1. The Morgan fingerprint density at radius 2 is 1.88 bits per heavy atom. The minimum absolute atomic E-state index is 0.0328. The second kappa shape index (κ2) is 10.2. The van der Waals surface area contributed by atoms with Crippen LogP contribution in [0.4, 0.5) is 5.69 Å². The molecule has 0 bridgehead atoms. The maximum absolute atomic E-state index is 13.6. The van der Waals surface area contributed by atoms with E-state index in [0.29, 0.717) is 30.8 Å². The summed E-state index contributed by atoms with van der Waals surface area (Å²) in [6, 6.07) is 16.6. The van der Waals surface area contributed by atoms with Crippen molar-refractivity contribution in [2.75, 3.05) is 25.5 Å². The number of benzene rings is 2. The summed E-state index contributed by atoms with van der Waals surface area (Å²) in [7, 11) is -2.38. The molecule has 3 aromatic rings. The SMILES string of the molecule is COc1ccccc1NC(=O)[C@@H]1CCCN(S(=O)(=O)c2c(C)noc2/C=C/c2ccccc2)C1. The van der Waals surface area contributed by atoms with Crippen LogP contribution >= 0.6 is 0 Å². The summed E-state index contributed by atoms with van der Waals surface area (Å²) in [5, 5.41) is 6.77. The summed E-state index contributed by atoms with van der Waals surface area (Å²) >= 11 is 0. The average molecular weight is 482 g/mol. The van der Waals surface area contributed by atoms with Gasteiger partial charge in [-0.3, -0.25) is 4.79 Å². The molecule has 0 saturated carbocycles. The van der Waals surface area contributed by atoms with Crippen LogP contribution in [0.25, 0.3) is 12.2 Å². The summed E-state index contributed by atoms with van der Waals surface area (Å²) in [5.74, 6) is -0.0134. The Labute approximate surface area is 199 Å². The van der Waals surface area contributed by atoms with E-state index in [1.165, 1.54) is 11.4 Å². The molecule has 1 atom stereocenters. The molecule has 0 radical (unpaired) electrons. The molecular formula is C25H27N3O5S. The average Bonchev–Trinajstić information content (AvgIpc) is 3.24. The summed E-state index contributed by atoms with van der Waals surface area (Å²) in [6.45, 7) is 2.01.